The van der Waals surface area contributed by atoms with Gasteiger partial charge in [-0.1, -0.05) is 30.4 Å². The maximum absolute atomic E-state index is 12.8. The smallest absolute Gasteiger partial charge is 0.247 e. The summed E-state index contributed by atoms with van der Waals surface area (Å²) in [6.45, 7) is 1.63. The molecule has 24 heavy (non-hydrogen) atoms. The van der Waals surface area contributed by atoms with Crippen molar-refractivity contribution in [2.75, 3.05) is 5.32 Å². The van der Waals surface area contributed by atoms with E-state index >= 15 is 0 Å². The molecule has 5 nitrogen and oxygen atoms in total. The fraction of sp³-hybridized carbons (Fsp3) is 0.421. The van der Waals surface area contributed by atoms with Crippen molar-refractivity contribution in [2.24, 2.45) is 23.7 Å². The lowest BCUT2D eigenvalue weighted by Crippen LogP contribution is -2.46. The molecule has 1 N–H and O–H groups in total. The van der Waals surface area contributed by atoms with Crippen molar-refractivity contribution in [1.29, 1.82) is 0 Å². The van der Waals surface area contributed by atoms with Gasteiger partial charge in [-0.25, -0.2) is 0 Å². The van der Waals surface area contributed by atoms with Crippen LogP contribution in [0.2, 0.25) is 0 Å². The van der Waals surface area contributed by atoms with Gasteiger partial charge in [0.2, 0.25) is 17.7 Å². The number of imide groups is 1. The molecule has 2 bridgehead atoms. The van der Waals surface area contributed by atoms with Crippen LogP contribution in [0.3, 0.4) is 0 Å². The summed E-state index contributed by atoms with van der Waals surface area (Å²) >= 11 is 0. The quantitative estimate of drug-likeness (QED) is 0.685. The number of para-hydroxylation sites is 1. The number of benzene rings is 1. The lowest BCUT2D eigenvalue weighted by atomic mass is 9.63. The maximum atomic E-state index is 12.8. The third-order valence-electron chi connectivity index (χ3n) is 5.60. The number of carbonyl (C=O) groups excluding carboxylic acids is 3. The topological polar surface area (TPSA) is 66.5 Å². The Hall–Kier alpha value is -2.43. The highest BCUT2D eigenvalue weighted by Crippen LogP contribution is 2.49. The highest BCUT2D eigenvalue weighted by Gasteiger charge is 2.58. The molecule has 1 heterocycles. The van der Waals surface area contributed by atoms with Crippen LogP contribution in [0.4, 0.5) is 5.69 Å². The van der Waals surface area contributed by atoms with E-state index in [9.17, 15) is 14.4 Å². The van der Waals surface area contributed by atoms with Crippen LogP contribution in [-0.4, -0.2) is 28.7 Å². The molecule has 1 saturated carbocycles. The second-order valence-corrected chi connectivity index (χ2v) is 6.92. The van der Waals surface area contributed by atoms with Crippen LogP contribution < -0.4 is 5.32 Å². The Labute approximate surface area is 140 Å². The number of fused-ring (bicyclic) bond motifs is 1. The van der Waals surface area contributed by atoms with E-state index in [0.717, 1.165) is 12.8 Å². The van der Waals surface area contributed by atoms with Gasteiger partial charge in [0, 0.05) is 5.69 Å². The normalized spacial score (nSPS) is 32.0. The summed E-state index contributed by atoms with van der Waals surface area (Å²) in [7, 11) is 0. The molecule has 0 spiro atoms. The Morgan fingerprint density at radius 3 is 2.08 bits per heavy atom. The first-order chi connectivity index (χ1) is 11.6. The van der Waals surface area contributed by atoms with Crippen LogP contribution in [0.25, 0.3) is 0 Å². The number of likely N-dealkylation sites (tertiary alicyclic amines) is 1. The van der Waals surface area contributed by atoms with Crippen LogP contribution >= 0.6 is 0 Å². The van der Waals surface area contributed by atoms with E-state index in [0.29, 0.717) is 5.69 Å². The third kappa shape index (κ3) is 2.19. The van der Waals surface area contributed by atoms with E-state index in [1.807, 2.05) is 18.2 Å². The molecule has 3 aliphatic carbocycles. The molecule has 1 aromatic rings. The molecule has 1 aliphatic heterocycles. The fourth-order valence-corrected chi connectivity index (χ4v) is 4.36. The number of nitrogens with one attached hydrogen (secondary N) is 1. The average molecular weight is 324 g/mol. The standard InChI is InChI=1S/C19H20N2O3/c1-11(17(22)20-14-5-3-2-4-6-14)21-18(23)15-12-7-8-13(10-9-12)16(15)19(21)24/h2-8,11-13,15-16H,9-10H2,1H3,(H,20,22)/t11-,12-,13-,15-,16+/m0/s1. The van der Waals surface area contributed by atoms with Crippen molar-refractivity contribution in [1.82, 2.24) is 4.90 Å². The van der Waals surface area contributed by atoms with Gasteiger partial charge in [-0.2, -0.15) is 0 Å². The average Bonchev–Trinajstić information content (AvgIpc) is 2.89. The zero-order valence-electron chi connectivity index (χ0n) is 13.5. The number of anilines is 1. The largest absolute Gasteiger partial charge is 0.324 e. The zero-order chi connectivity index (χ0) is 16.8. The molecule has 0 unspecified atom stereocenters. The highest BCUT2D eigenvalue weighted by molar-refractivity contribution is 6.10. The Morgan fingerprint density at radius 2 is 1.58 bits per heavy atom. The molecule has 5 heteroatoms. The first-order valence-electron chi connectivity index (χ1n) is 8.49. The molecule has 0 radical (unpaired) electrons. The summed E-state index contributed by atoms with van der Waals surface area (Å²) < 4.78 is 0. The summed E-state index contributed by atoms with van der Waals surface area (Å²) in [6, 6.07) is 8.27. The van der Waals surface area contributed by atoms with E-state index < -0.39 is 6.04 Å². The number of amides is 3. The molecule has 1 saturated heterocycles. The lowest BCUT2D eigenvalue weighted by molar-refractivity contribution is -0.146. The molecule has 3 amide bonds. The van der Waals surface area contributed by atoms with Gasteiger partial charge in [0.05, 0.1) is 11.8 Å². The monoisotopic (exact) mass is 324 g/mol. The second kappa shape index (κ2) is 5.58. The number of carbonyl (C=O) groups is 3. The predicted molar refractivity (Wildman–Crippen MR) is 88.7 cm³/mol. The van der Waals surface area contributed by atoms with E-state index in [2.05, 4.69) is 17.5 Å². The van der Waals surface area contributed by atoms with Crippen LogP contribution in [0.15, 0.2) is 42.5 Å². The fourth-order valence-electron chi connectivity index (χ4n) is 4.36. The molecule has 124 valence electrons. The van der Waals surface area contributed by atoms with Crippen LogP contribution in [0.1, 0.15) is 19.8 Å². The number of rotatable bonds is 3. The van der Waals surface area contributed by atoms with Crippen LogP contribution in [0, 0.1) is 23.7 Å². The van der Waals surface area contributed by atoms with Gasteiger partial charge >= 0.3 is 0 Å². The SMILES string of the molecule is C[C@@H](C(=O)Nc1ccccc1)N1C(=O)[C@@H]2[C@H](C1=O)[C@H]1C=C[C@H]2CC1. The van der Waals surface area contributed by atoms with Crippen molar-refractivity contribution in [3.8, 4) is 0 Å². The third-order valence-corrected chi connectivity index (χ3v) is 5.60. The molecule has 4 aliphatic rings. The minimum absolute atomic E-state index is 0.144. The molecular weight excluding hydrogens is 304 g/mol. The van der Waals surface area contributed by atoms with E-state index in [-0.39, 0.29) is 41.4 Å². The van der Waals surface area contributed by atoms with Crippen molar-refractivity contribution >= 4 is 23.4 Å². The summed E-state index contributed by atoms with van der Waals surface area (Å²) in [5.74, 6) is -0.945. The van der Waals surface area contributed by atoms with Gasteiger partial charge in [-0.15, -0.1) is 0 Å². The summed E-state index contributed by atoms with van der Waals surface area (Å²) in [4.78, 5) is 39.4. The molecule has 0 aromatic heterocycles. The van der Waals surface area contributed by atoms with Crippen molar-refractivity contribution in [2.45, 2.75) is 25.8 Å². The summed E-state index contributed by atoms with van der Waals surface area (Å²) in [5.41, 5.74) is 0.660. The number of hydrogen-bond acceptors (Lipinski definition) is 3. The van der Waals surface area contributed by atoms with Crippen molar-refractivity contribution in [3.05, 3.63) is 42.5 Å². The minimum atomic E-state index is -0.796. The second-order valence-electron chi connectivity index (χ2n) is 6.92. The van der Waals surface area contributed by atoms with Gasteiger partial charge in [0.1, 0.15) is 6.04 Å². The molecular formula is C19H20N2O3. The van der Waals surface area contributed by atoms with Gasteiger partial charge in [0.15, 0.2) is 0 Å². The number of nitrogens with zero attached hydrogens (tertiary/aromatic N) is 1. The van der Waals surface area contributed by atoms with Crippen LogP contribution in [0.5, 0.6) is 0 Å². The van der Waals surface area contributed by atoms with Crippen molar-refractivity contribution < 1.29 is 14.4 Å². The van der Waals surface area contributed by atoms with Gasteiger partial charge in [-0.05, 0) is 43.7 Å². The van der Waals surface area contributed by atoms with Crippen molar-refractivity contribution in [3.63, 3.8) is 0 Å². The molecule has 5 rings (SSSR count). The van der Waals surface area contributed by atoms with E-state index in [1.165, 1.54) is 4.90 Å². The summed E-state index contributed by atoms with van der Waals surface area (Å²) in [6.07, 6.45) is 6.08. The Kier molecular flexibility index (Phi) is 3.52. The Morgan fingerprint density at radius 1 is 1.04 bits per heavy atom. The van der Waals surface area contributed by atoms with Gasteiger partial charge < -0.3 is 5.32 Å². The molecule has 2 fully saturated rings. The molecule has 5 atom stereocenters. The lowest BCUT2D eigenvalue weighted by Gasteiger charge is -2.38. The Bertz CT molecular complexity index is 695. The van der Waals surface area contributed by atoms with Gasteiger partial charge in [0.25, 0.3) is 0 Å². The predicted octanol–water partition coefficient (Wildman–Crippen LogP) is 2.21. The number of hydrogen-bond donors (Lipinski definition) is 1. The van der Waals surface area contributed by atoms with E-state index in [1.54, 1.807) is 19.1 Å². The van der Waals surface area contributed by atoms with Gasteiger partial charge in [-0.3, -0.25) is 19.3 Å². The zero-order valence-corrected chi connectivity index (χ0v) is 13.5. The first-order valence-corrected chi connectivity index (χ1v) is 8.49. The molecule has 1 aromatic carbocycles. The van der Waals surface area contributed by atoms with Crippen LogP contribution in [-0.2, 0) is 14.4 Å². The highest BCUT2D eigenvalue weighted by atomic mass is 16.2. The Balaban J connectivity index is 1.55. The van der Waals surface area contributed by atoms with E-state index in [4.69, 9.17) is 0 Å². The number of allylic oxidation sites excluding steroid dienone is 2. The summed E-state index contributed by atoms with van der Waals surface area (Å²) in [5, 5.41) is 2.78. The maximum Gasteiger partial charge on any atom is 0.247 e. The minimum Gasteiger partial charge on any atom is -0.324 e. The first kappa shape index (κ1) is 15.1.